The molecule has 108 valence electrons. The van der Waals surface area contributed by atoms with Gasteiger partial charge in [-0.25, -0.2) is 0 Å². The number of para-hydroxylation sites is 1. The maximum absolute atomic E-state index is 5.64. The van der Waals surface area contributed by atoms with Crippen LogP contribution in [0.4, 0.5) is 0 Å². The van der Waals surface area contributed by atoms with Crippen molar-refractivity contribution in [2.24, 2.45) is 0 Å². The number of nitrogens with one attached hydrogen (secondary N) is 1. The normalized spacial score (nSPS) is 12.4. The Morgan fingerprint density at radius 3 is 2.53 bits per heavy atom. The Hall–Kier alpha value is -1.10. The summed E-state index contributed by atoms with van der Waals surface area (Å²) in [6, 6.07) is 8.12. The number of hydrogen-bond donors (Lipinski definition) is 1. The topological polar surface area (TPSA) is 39.7 Å². The average Bonchev–Trinajstić information content (AvgIpc) is 2.47. The molecule has 0 aromatic heterocycles. The van der Waals surface area contributed by atoms with Crippen LogP contribution in [0.3, 0.4) is 0 Å². The molecule has 0 bridgehead atoms. The van der Waals surface area contributed by atoms with Gasteiger partial charge in [0.25, 0.3) is 0 Å². The predicted molar refractivity (Wildman–Crippen MR) is 76.7 cm³/mol. The highest BCUT2D eigenvalue weighted by atomic mass is 16.5. The van der Waals surface area contributed by atoms with Crippen molar-refractivity contribution < 1.29 is 14.2 Å². The predicted octanol–water partition coefficient (Wildman–Crippen LogP) is 2.40. The Kier molecular flexibility index (Phi) is 8.21. The van der Waals surface area contributed by atoms with Crippen molar-refractivity contribution in [1.29, 1.82) is 0 Å². The first-order valence-electron chi connectivity index (χ1n) is 6.79. The molecule has 0 saturated heterocycles. The Morgan fingerprint density at radius 2 is 1.84 bits per heavy atom. The summed E-state index contributed by atoms with van der Waals surface area (Å²) in [5, 5.41) is 3.25. The van der Waals surface area contributed by atoms with E-state index >= 15 is 0 Å². The van der Waals surface area contributed by atoms with Crippen molar-refractivity contribution >= 4 is 0 Å². The third kappa shape index (κ3) is 5.59. The zero-order valence-electron chi connectivity index (χ0n) is 12.1. The second-order valence-corrected chi connectivity index (χ2v) is 4.27. The minimum absolute atomic E-state index is 0.127. The molecule has 1 aromatic carbocycles. The van der Waals surface area contributed by atoms with Crippen LogP contribution in [0.25, 0.3) is 0 Å². The van der Waals surface area contributed by atoms with Gasteiger partial charge in [0.05, 0.1) is 33.0 Å². The van der Waals surface area contributed by atoms with Gasteiger partial charge in [-0.1, -0.05) is 25.1 Å². The zero-order valence-corrected chi connectivity index (χ0v) is 12.1. The van der Waals surface area contributed by atoms with Crippen LogP contribution in [0.2, 0.25) is 0 Å². The number of likely N-dealkylation sites (N-methyl/N-ethyl adjacent to an activating group) is 1. The maximum atomic E-state index is 5.64. The van der Waals surface area contributed by atoms with Gasteiger partial charge < -0.3 is 19.5 Å². The number of benzene rings is 1. The van der Waals surface area contributed by atoms with Crippen molar-refractivity contribution in [3.63, 3.8) is 0 Å². The Morgan fingerprint density at radius 1 is 1.11 bits per heavy atom. The van der Waals surface area contributed by atoms with Crippen molar-refractivity contribution in [2.45, 2.75) is 19.4 Å². The van der Waals surface area contributed by atoms with Gasteiger partial charge in [-0.2, -0.15) is 0 Å². The molecule has 1 unspecified atom stereocenters. The van der Waals surface area contributed by atoms with Gasteiger partial charge in [0.2, 0.25) is 0 Å². The van der Waals surface area contributed by atoms with E-state index < -0.39 is 0 Å². The average molecular weight is 267 g/mol. The van der Waals surface area contributed by atoms with Gasteiger partial charge in [-0.3, -0.25) is 0 Å². The van der Waals surface area contributed by atoms with Crippen LogP contribution in [0.1, 0.15) is 24.9 Å². The minimum Gasteiger partial charge on any atom is -0.496 e. The van der Waals surface area contributed by atoms with Gasteiger partial charge in [0.15, 0.2) is 0 Å². The Bertz CT molecular complexity index is 344. The Labute approximate surface area is 116 Å². The number of rotatable bonds is 10. The van der Waals surface area contributed by atoms with Gasteiger partial charge >= 0.3 is 0 Å². The fourth-order valence-corrected chi connectivity index (χ4v) is 1.85. The molecule has 4 heteroatoms. The van der Waals surface area contributed by atoms with Gasteiger partial charge in [-0.05, 0) is 19.5 Å². The van der Waals surface area contributed by atoms with E-state index in [2.05, 4.69) is 18.3 Å². The first-order chi connectivity index (χ1) is 9.33. The lowest BCUT2D eigenvalue weighted by atomic mass is 10.1. The first kappa shape index (κ1) is 16.0. The summed E-state index contributed by atoms with van der Waals surface area (Å²) in [6.45, 7) is 4.76. The fraction of sp³-hybridized carbons (Fsp3) is 0.600. The van der Waals surface area contributed by atoms with Crippen LogP contribution < -0.4 is 10.1 Å². The molecule has 0 saturated carbocycles. The molecular formula is C15H25NO3. The minimum atomic E-state index is 0.127. The van der Waals surface area contributed by atoms with E-state index in [0.29, 0.717) is 19.8 Å². The summed E-state index contributed by atoms with van der Waals surface area (Å²) in [7, 11) is 3.61. The molecule has 0 aliphatic carbocycles. The number of methoxy groups -OCH3 is 1. The smallest absolute Gasteiger partial charge is 0.123 e. The number of ether oxygens (including phenoxy) is 3. The molecule has 19 heavy (non-hydrogen) atoms. The van der Waals surface area contributed by atoms with E-state index in [4.69, 9.17) is 14.2 Å². The molecule has 0 heterocycles. The van der Waals surface area contributed by atoms with Crippen LogP contribution in [-0.2, 0) is 9.47 Å². The molecule has 0 amide bonds. The second kappa shape index (κ2) is 9.78. The molecule has 1 N–H and O–H groups in total. The van der Waals surface area contributed by atoms with E-state index in [0.717, 1.165) is 24.3 Å². The van der Waals surface area contributed by atoms with Crippen LogP contribution in [0.5, 0.6) is 5.75 Å². The lowest BCUT2D eigenvalue weighted by Gasteiger charge is -2.19. The van der Waals surface area contributed by atoms with E-state index in [9.17, 15) is 0 Å². The summed E-state index contributed by atoms with van der Waals surface area (Å²) in [5.41, 5.74) is 1.11. The standard InChI is InChI=1S/C15H25NO3/c1-4-9-18-10-11-19-12-14(16-2)13-7-5-6-8-15(13)17-3/h5-8,14,16H,4,9-12H2,1-3H3. The maximum Gasteiger partial charge on any atom is 0.123 e. The lowest BCUT2D eigenvalue weighted by molar-refractivity contribution is 0.0397. The van der Waals surface area contributed by atoms with Crippen LogP contribution >= 0.6 is 0 Å². The third-order valence-electron chi connectivity index (χ3n) is 2.87. The largest absolute Gasteiger partial charge is 0.496 e. The monoisotopic (exact) mass is 267 g/mol. The molecule has 0 aliphatic heterocycles. The van der Waals surface area contributed by atoms with Crippen LogP contribution in [0.15, 0.2) is 24.3 Å². The van der Waals surface area contributed by atoms with Gasteiger partial charge in [0.1, 0.15) is 5.75 Å². The van der Waals surface area contributed by atoms with Crippen LogP contribution in [0, 0.1) is 0 Å². The first-order valence-corrected chi connectivity index (χ1v) is 6.79. The van der Waals surface area contributed by atoms with Crippen molar-refractivity contribution in [1.82, 2.24) is 5.32 Å². The molecule has 1 aromatic rings. The second-order valence-electron chi connectivity index (χ2n) is 4.27. The molecule has 0 spiro atoms. The highest BCUT2D eigenvalue weighted by Crippen LogP contribution is 2.24. The summed E-state index contributed by atoms with van der Waals surface area (Å²) in [4.78, 5) is 0. The molecule has 0 radical (unpaired) electrons. The highest BCUT2D eigenvalue weighted by Gasteiger charge is 2.13. The van der Waals surface area contributed by atoms with E-state index in [1.807, 2.05) is 25.2 Å². The number of hydrogen-bond acceptors (Lipinski definition) is 4. The Balaban J connectivity index is 2.40. The molecule has 1 atom stereocenters. The van der Waals surface area contributed by atoms with E-state index in [1.54, 1.807) is 7.11 Å². The molecular weight excluding hydrogens is 242 g/mol. The summed E-state index contributed by atoms with van der Waals surface area (Å²) in [6.07, 6.45) is 1.04. The molecule has 0 aliphatic rings. The van der Waals surface area contributed by atoms with Crippen molar-refractivity contribution in [2.75, 3.05) is 40.6 Å². The van der Waals surface area contributed by atoms with E-state index in [1.165, 1.54) is 0 Å². The molecule has 0 fully saturated rings. The molecule has 4 nitrogen and oxygen atoms in total. The third-order valence-corrected chi connectivity index (χ3v) is 2.87. The lowest BCUT2D eigenvalue weighted by Crippen LogP contribution is -2.23. The summed E-state index contributed by atoms with van der Waals surface area (Å²) < 4.78 is 16.4. The molecule has 1 rings (SSSR count). The SMILES string of the molecule is CCCOCCOCC(NC)c1ccccc1OC. The van der Waals surface area contributed by atoms with E-state index in [-0.39, 0.29) is 6.04 Å². The summed E-state index contributed by atoms with van der Waals surface area (Å²) >= 11 is 0. The van der Waals surface area contributed by atoms with Crippen molar-refractivity contribution in [3.05, 3.63) is 29.8 Å². The van der Waals surface area contributed by atoms with Gasteiger partial charge in [0, 0.05) is 12.2 Å². The zero-order chi connectivity index (χ0) is 13.9. The van der Waals surface area contributed by atoms with Crippen molar-refractivity contribution in [3.8, 4) is 5.75 Å². The van der Waals surface area contributed by atoms with Crippen LogP contribution in [-0.4, -0.2) is 40.6 Å². The fourth-order valence-electron chi connectivity index (χ4n) is 1.85. The summed E-state index contributed by atoms with van der Waals surface area (Å²) in [5.74, 6) is 0.882. The quantitative estimate of drug-likeness (QED) is 0.661. The van der Waals surface area contributed by atoms with Gasteiger partial charge in [-0.15, -0.1) is 0 Å². The highest BCUT2D eigenvalue weighted by molar-refractivity contribution is 5.35.